The van der Waals surface area contributed by atoms with Gasteiger partial charge in [-0.3, -0.25) is 14.5 Å². The number of amides is 2. The Hall–Kier alpha value is -3.97. The van der Waals surface area contributed by atoms with Crippen LogP contribution in [0.5, 0.6) is 5.75 Å². The van der Waals surface area contributed by atoms with Gasteiger partial charge in [0, 0.05) is 44.3 Å². The van der Waals surface area contributed by atoms with Gasteiger partial charge >= 0.3 is 0 Å². The number of hydrogen-bond acceptors (Lipinski definition) is 4. The normalized spacial score (nSPS) is 16.4. The van der Waals surface area contributed by atoms with Crippen molar-refractivity contribution >= 4 is 11.8 Å². The largest absolute Gasteiger partial charge is 0.484 e. The number of benzene rings is 3. The maximum absolute atomic E-state index is 14.5. The third kappa shape index (κ3) is 7.54. The van der Waals surface area contributed by atoms with Crippen molar-refractivity contribution in [1.29, 1.82) is 0 Å². The summed E-state index contributed by atoms with van der Waals surface area (Å²) in [6.45, 7) is 10.4. The summed E-state index contributed by atoms with van der Waals surface area (Å²) in [7, 11) is 0. The second-order valence-electron chi connectivity index (χ2n) is 9.98. The Bertz CT molecular complexity index is 1280. The zero-order valence-corrected chi connectivity index (χ0v) is 22.6. The smallest absolute Gasteiger partial charge is 0.251 e. The van der Waals surface area contributed by atoms with Gasteiger partial charge in [-0.05, 0) is 73.4 Å². The zero-order chi connectivity index (χ0) is 27.8. The average Bonchev–Trinajstić information content (AvgIpc) is 2.95. The number of aryl methyl sites for hydroxylation is 1. The van der Waals surface area contributed by atoms with Crippen LogP contribution in [0.25, 0.3) is 0 Å². The van der Waals surface area contributed by atoms with Gasteiger partial charge in [0.05, 0.1) is 0 Å². The van der Waals surface area contributed by atoms with Crippen LogP contribution < -0.4 is 10.1 Å². The SMILES string of the molecule is C=CC(=O)N1CCN(C[C@@H](Oc2ccc(C(=O)NCCc3ccccc3)cc2)c2ccc(C)c(F)c2)C[C@H]1C. The standard InChI is InChI=1S/C32H36FN3O3/c1-4-31(37)36-19-18-35(21-24(36)3)22-30(27-11-10-23(2)29(33)20-27)39-28-14-12-26(13-15-28)32(38)34-17-16-25-8-6-5-7-9-25/h4-15,20,24,30H,1,16-19,21-22H2,2-3H3,(H,34,38)/t24-,30-/m1/s1. The highest BCUT2D eigenvalue weighted by Gasteiger charge is 2.28. The van der Waals surface area contributed by atoms with Gasteiger partial charge in [-0.2, -0.15) is 0 Å². The highest BCUT2D eigenvalue weighted by atomic mass is 19.1. The topological polar surface area (TPSA) is 61.9 Å². The minimum atomic E-state index is -0.431. The van der Waals surface area contributed by atoms with Crippen LogP contribution in [-0.4, -0.2) is 60.4 Å². The van der Waals surface area contributed by atoms with Crippen LogP contribution in [0.15, 0.2) is 85.5 Å². The number of carbonyl (C=O) groups is 2. The van der Waals surface area contributed by atoms with E-state index in [0.29, 0.717) is 49.6 Å². The van der Waals surface area contributed by atoms with E-state index in [4.69, 9.17) is 4.74 Å². The Morgan fingerprint density at radius 3 is 2.51 bits per heavy atom. The number of rotatable bonds is 10. The van der Waals surface area contributed by atoms with E-state index in [1.54, 1.807) is 37.3 Å². The molecule has 0 bridgehead atoms. The maximum atomic E-state index is 14.5. The van der Waals surface area contributed by atoms with Gasteiger partial charge in [0.15, 0.2) is 0 Å². The molecule has 1 heterocycles. The van der Waals surface area contributed by atoms with Crippen LogP contribution in [0, 0.1) is 12.7 Å². The van der Waals surface area contributed by atoms with Crippen LogP contribution in [0.3, 0.4) is 0 Å². The fraction of sp³-hybridized carbons (Fsp3) is 0.312. The highest BCUT2D eigenvalue weighted by molar-refractivity contribution is 5.94. The molecule has 6 nitrogen and oxygen atoms in total. The summed E-state index contributed by atoms with van der Waals surface area (Å²) in [5.41, 5.74) is 3.02. The maximum Gasteiger partial charge on any atom is 0.251 e. The van der Waals surface area contributed by atoms with E-state index in [0.717, 1.165) is 12.0 Å². The molecular formula is C32H36FN3O3. The van der Waals surface area contributed by atoms with E-state index in [1.165, 1.54) is 17.7 Å². The van der Waals surface area contributed by atoms with Crippen molar-refractivity contribution in [1.82, 2.24) is 15.1 Å². The molecule has 3 aromatic carbocycles. The molecule has 0 aromatic heterocycles. The van der Waals surface area contributed by atoms with Crippen molar-refractivity contribution in [2.45, 2.75) is 32.4 Å². The second-order valence-corrected chi connectivity index (χ2v) is 9.98. The van der Waals surface area contributed by atoms with Crippen molar-refractivity contribution in [2.75, 3.05) is 32.7 Å². The molecular weight excluding hydrogens is 493 g/mol. The van der Waals surface area contributed by atoms with E-state index < -0.39 is 6.10 Å². The number of ether oxygens (including phenoxy) is 1. The molecule has 2 atom stereocenters. The van der Waals surface area contributed by atoms with E-state index in [-0.39, 0.29) is 23.7 Å². The molecule has 39 heavy (non-hydrogen) atoms. The van der Waals surface area contributed by atoms with Gasteiger partial charge in [0.2, 0.25) is 5.91 Å². The Balaban J connectivity index is 1.41. The van der Waals surface area contributed by atoms with E-state index in [2.05, 4.69) is 16.8 Å². The first kappa shape index (κ1) is 28.0. The zero-order valence-electron chi connectivity index (χ0n) is 22.6. The second kappa shape index (κ2) is 13.2. The van der Waals surface area contributed by atoms with E-state index in [1.807, 2.05) is 48.2 Å². The minimum Gasteiger partial charge on any atom is -0.484 e. The first-order valence-corrected chi connectivity index (χ1v) is 13.3. The van der Waals surface area contributed by atoms with Crippen molar-refractivity contribution in [2.24, 2.45) is 0 Å². The van der Waals surface area contributed by atoms with Crippen LogP contribution >= 0.6 is 0 Å². The van der Waals surface area contributed by atoms with Crippen LogP contribution in [-0.2, 0) is 11.2 Å². The lowest BCUT2D eigenvalue weighted by atomic mass is 10.0. The van der Waals surface area contributed by atoms with Crippen molar-refractivity contribution in [3.8, 4) is 5.75 Å². The van der Waals surface area contributed by atoms with Gasteiger partial charge < -0.3 is 15.0 Å². The number of hydrogen-bond donors (Lipinski definition) is 1. The summed E-state index contributed by atoms with van der Waals surface area (Å²) in [4.78, 5) is 28.8. The lowest BCUT2D eigenvalue weighted by Gasteiger charge is -2.40. The van der Waals surface area contributed by atoms with Crippen LogP contribution in [0.4, 0.5) is 4.39 Å². The molecule has 3 aromatic rings. The molecule has 0 spiro atoms. The van der Waals surface area contributed by atoms with Crippen molar-refractivity contribution in [3.05, 3.63) is 114 Å². The van der Waals surface area contributed by atoms with E-state index >= 15 is 0 Å². The van der Waals surface area contributed by atoms with Crippen molar-refractivity contribution in [3.63, 3.8) is 0 Å². The minimum absolute atomic E-state index is 0.0272. The molecule has 0 saturated carbocycles. The molecule has 1 saturated heterocycles. The quantitative estimate of drug-likeness (QED) is 0.378. The van der Waals surface area contributed by atoms with Gasteiger partial charge in [-0.25, -0.2) is 4.39 Å². The Kier molecular flexibility index (Phi) is 9.49. The number of nitrogens with one attached hydrogen (secondary N) is 1. The number of nitrogens with zero attached hydrogens (tertiary/aromatic N) is 2. The molecule has 204 valence electrons. The predicted molar refractivity (Wildman–Crippen MR) is 151 cm³/mol. The molecule has 0 unspecified atom stereocenters. The molecule has 1 aliphatic heterocycles. The Labute approximate surface area is 230 Å². The average molecular weight is 530 g/mol. The summed E-state index contributed by atoms with van der Waals surface area (Å²) in [6, 6.07) is 22.2. The Morgan fingerprint density at radius 1 is 1.10 bits per heavy atom. The summed E-state index contributed by atoms with van der Waals surface area (Å²) >= 11 is 0. The number of halogens is 1. The van der Waals surface area contributed by atoms with Gasteiger partial charge in [0.25, 0.3) is 5.91 Å². The molecule has 7 heteroatoms. The van der Waals surface area contributed by atoms with Gasteiger partial charge in [-0.1, -0.05) is 49.0 Å². The highest BCUT2D eigenvalue weighted by Crippen LogP contribution is 2.26. The lowest BCUT2D eigenvalue weighted by molar-refractivity contribution is -0.130. The molecule has 1 fully saturated rings. The van der Waals surface area contributed by atoms with Gasteiger partial charge in [0.1, 0.15) is 17.7 Å². The monoisotopic (exact) mass is 529 g/mol. The molecule has 0 aliphatic carbocycles. The summed E-state index contributed by atoms with van der Waals surface area (Å²) in [5, 5.41) is 2.96. The molecule has 1 aliphatic rings. The summed E-state index contributed by atoms with van der Waals surface area (Å²) < 4.78 is 20.8. The number of piperazine rings is 1. The summed E-state index contributed by atoms with van der Waals surface area (Å²) in [6.07, 6.45) is 1.68. The third-order valence-corrected chi connectivity index (χ3v) is 7.10. The third-order valence-electron chi connectivity index (χ3n) is 7.10. The summed E-state index contributed by atoms with van der Waals surface area (Å²) in [5.74, 6) is 0.101. The van der Waals surface area contributed by atoms with Crippen molar-refractivity contribution < 1.29 is 18.7 Å². The van der Waals surface area contributed by atoms with E-state index in [9.17, 15) is 14.0 Å². The fourth-order valence-electron chi connectivity index (χ4n) is 4.81. The van der Waals surface area contributed by atoms with Crippen LogP contribution in [0.1, 0.15) is 40.1 Å². The molecule has 1 N–H and O–H groups in total. The Morgan fingerprint density at radius 2 is 1.85 bits per heavy atom. The number of carbonyl (C=O) groups excluding carboxylic acids is 2. The lowest BCUT2D eigenvalue weighted by Crippen LogP contribution is -2.54. The predicted octanol–water partition coefficient (Wildman–Crippen LogP) is 4.95. The first-order valence-electron chi connectivity index (χ1n) is 13.3. The molecule has 4 rings (SSSR count). The molecule has 0 radical (unpaired) electrons. The van der Waals surface area contributed by atoms with Crippen LogP contribution in [0.2, 0.25) is 0 Å². The molecule has 2 amide bonds. The fourth-order valence-corrected chi connectivity index (χ4v) is 4.81. The van der Waals surface area contributed by atoms with Gasteiger partial charge in [-0.15, -0.1) is 0 Å². The first-order chi connectivity index (χ1) is 18.8.